The highest BCUT2D eigenvalue weighted by molar-refractivity contribution is 5.34. The molecule has 2 rings (SSSR count). The lowest BCUT2D eigenvalue weighted by molar-refractivity contribution is 0.187. The molecule has 2 nitrogen and oxygen atoms in total. The van der Waals surface area contributed by atoms with Crippen LogP contribution in [0.5, 0.6) is 11.5 Å². The molecule has 116 valence electrons. The smallest absolute Gasteiger partial charge is 0.204 e. The number of methoxy groups -OCH3 is 1. The summed E-state index contributed by atoms with van der Waals surface area (Å²) in [6.07, 6.45) is 8.74. The van der Waals surface area contributed by atoms with E-state index in [-0.39, 0.29) is 11.5 Å². The molecule has 1 aromatic carbocycles. The van der Waals surface area contributed by atoms with Gasteiger partial charge in [-0.05, 0) is 56.6 Å². The zero-order valence-electron chi connectivity index (χ0n) is 12.6. The van der Waals surface area contributed by atoms with Gasteiger partial charge in [-0.2, -0.15) is 8.78 Å². The second kappa shape index (κ2) is 7.43. The van der Waals surface area contributed by atoms with Crippen molar-refractivity contribution in [3.05, 3.63) is 35.9 Å². The molecule has 0 atom stereocenters. The maximum atomic E-state index is 13.8. The van der Waals surface area contributed by atoms with E-state index in [4.69, 9.17) is 9.47 Å². The maximum Gasteiger partial charge on any atom is 0.204 e. The number of allylic oxidation sites excluding steroid dienone is 2. The molecule has 0 amide bonds. The van der Waals surface area contributed by atoms with Crippen LogP contribution in [-0.2, 0) is 0 Å². The van der Waals surface area contributed by atoms with Crippen LogP contribution in [0.2, 0.25) is 0 Å². The SMILES string of the molecule is C/C=C/C1CCC(COc2ccc(OC)c(F)c2F)CC1. The van der Waals surface area contributed by atoms with Crippen LogP contribution in [0.4, 0.5) is 8.78 Å². The van der Waals surface area contributed by atoms with Gasteiger partial charge in [-0.1, -0.05) is 12.2 Å². The molecule has 21 heavy (non-hydrogen) atoms. The number of halogens is 2. The molecule has 1 fully saturated rings. The van der Waals surface area contributed by atoms with Gasteiger partial charge in [0, 0.05) is 0 Å². The lowest BCUT2D eigenvalue weighted by Gasteiger charge is -2.26. The van der Waals surface area contributed by atoms with E-state index >= 15 is 0 Å². The van der Waals surface area contributed by atoms with Crippen molar-refractivity contribution in [2.75, 3.05) is 13.7 Å². The van der Waals surface area contributed by atoms with Gasteiger partial charge < -0.3 is 9.47 Å². The monoisotopic (exact) mass is 296 g/mol. The molecular formula is C17H22F2O2. The van der Waals surface area contributed by atoms with E-state index in [1.54, 1.807) is 0 Å². The van der Waals surface area contributed by atoms with Gasteiger partial charge in [-0.3, -0.25) is 0 Å². The first kappa shape index (κ1) is 15.8. The van der Waals surface area contributed by atoms with Crippen molar-refractivity contribution in [3.8, 4) is 11.5 Å². The Labute approximate surface area is 124 Å². The van der Waals surface area contributed by atoms with Gasteiger partial charge in [-0.15, -0.1) is 0 Å². The Kier molecular flexibility index (Phi) is 5.59. The first-order chi connectivity index (χ1) is 10.2. The predicted octanol–water partition coefficient (Wildman–Crippen LogP) is 4.73. The summed E-state index contributed by atoms with van der Waals surface area (Å²) in [5.41, 5.74) is 0. The van der Waals surface area contributed by atoms with E-state index in [1.807, 2.05) is 6.92 Å². The Balaban J connectivity index is 1.88. The maximum absolute atomic E-state index is 13.8. The molecular weight excluding hydrogens is 274 g/mol. The molecule has 0 unspecified atom stereocenters. The molecule has 0 bridgehead atoms. The van der Waals surface area contributed by atoms with E-state index < -0.39 is 11.6 Å². The van der Waals surface area contributed by atoms with Gasteiger partial charge in [0.25, 0.3) is 0 Å². The molecule has 0 aliphatic heterocycles. The molecule has 0 radical (unpaired) electrons. The van der Waals surface area contributed by atoms with Crippen LogP contribution < -0.4 is 9.47 Å². The topological polar surface area (TPSA) is 18.5 Å². The lowest BCUT2D eigenvalue weighted by atomic mass is 9.82. The third-order valence-electron chi connectivity index (χ3n) is 4.06. The second-order valence-electron chi connectivity index (χ2n) is 5.51. The third-order valence-corrected chi connectivity index (χ3v) is 4.06. The molecule has 1 aliphatic carbocycles. The number of hydrogen-bond donors (Lipinski definition) is 0. The highest BCUT2D eigenvalue weighted by Crippen LogP contribution is 2.32. The summed E-state index contributed by atoms with van der Waals surface area (Å²) in [5.74, 6) is -1.04. The Bertz CT molecular complexity index is 492. The number of hydrogen-bond acceptors (Lipinski definition) is 2. The minimum Gasteiger partial charge on any atom is -0.494 e. The van der Waals surface area contributed by atoms with Crippen LogP contribution in [0.1, 0.15) is 32.6 Å². The molecule has 0 aromatic heterocycles. The molecule has 0 spiro atoms. The van der Waals surface area contributed by atoms with Crippen LogP contribution in [0.3, 0.4) is 0 Å². The van der Waals surface area contributed by atoms with Crippen molar-refractivity contribution in [2.45, 2.75) is 32.6 Å². The third kappa shape index (κ3) is 3.96. The highest BCUT2D eigenvalue weighted by atomic mass is 19.2. The quantitative estimate of drug-likeness (QED) is 0.731. The van der Waals surface area contributed by atoms with Crippen LogP contribution >= 0.6 is 0 Å². The highest BCUT2D eigenvalue weighted by Gasteiger charge is 2.21. The lowest BCUT2D eigenvalue weighted by Crippen LogP contribution is -2.19. The Hall–Kier alpha value is -1.58. The van der Waals surface area contributed by atoms with Gasteiger partial charge in [0.15, 0.2) is 11.5 Å². The first-order valence-electron chi connectivity index (χ1n) is 7.43. The number of benzene rings is 1. The molecule has 4 heteroatoms. The fourth-order valence-electron chi connectivity index (χ4n) is 2.81. The summed E-state index contributed by atoms with van der Waals surface area (Å²) in [6.45, 7) is 2.47. The Morgan fingerprint density at radius 1 is 1.10 bits per heavy atom. The van der Waals surface area contributed by atoms with E-state index in [0.29, 0.717) is 18.4 Å². The van der Waals surface area contributed by atoms with E-state index in [0.717, 1.165) is 25.7 Å². The van der Waals surface area contributed by atoms with Crippen LogP contribution in [0.25, 0.3) is 0 Å². The van der Waals surface area contributed by atoms with E-state index in [2.05, 4.69) is 12.2 Å². The molecule has 0 heterocycles. The summed E-state index contributed by atoms with van der Waals surface area (Å²) < 4.78 is 37.5. The van der Waals surface area contributed by atoms with Crippen molar-refractivity contribution in [1.82, 2.24) is 0 Å². The van der Waals surface area contributed by atoms with Crippen molar-refractivity contribution in [3.63, 3.8) is 0 Å². The summed E-state index contributed by atoms with van der Waals surface area (Å²) in [4.78, 5) is 0. The van der Waals surface area contributed by atoms with Crippen molar-refractivity contribution in [2.24, 2.45) is 11.8 Å². The van der Waals surface area contributed by atoms with Crippen LogP contribution in [-0.4, -0.2) is 13.7 Å². The average molecular weight is 296 g/mol. The van der Waals surface area contributed by atoms with Gasteiger partial charge in [0.05, 0.1) is 13.7 Å². The Morgan fingerprint density at radius 2 is 1.71 bits per heavy atom. The molecule has 1 saturated carbocycles. The summed E-state index contributed by atoms with van der Waals surface area (Å²) in [5, 5.41) is 0. The molecule has 1 aromatic rings. The zero-order chi connectivity index (χ0) is 15.2. The van der Waals surface area contributed by atoms with Crippen LogP contribution in [0, 0.1) is 23.5 Å². The number of ether oxygens (including phenoxy) is 2. The summed E-state index contributed by atoms with van der Waals surface area (Å²) >= 11 is 0. The average Bonchev–Trinajstić information content (AvgIpc) is 2.50. The largest absolute Gasteiger partial charge is 0.494 e. The molecule has 1 aliphatic rings. The first-order valence-corrected chi connectivity index (χ1v) is 7.43. The van der Waals surface area contributed by atoms with Gasteiger partial charge >= 0.3 is 0 Å². The van der Waals surface area contributed by atoms with Gasteiger partial charge in [0.1, 0.15) is 0 Å². The van der Waals surface area contributed by atoms with Gasteiger partial charge in [-0.25, -0.2) is 0 Å². The minimum absolute atomic E-state index is 0.0381. The standard InChI is InChI=1S/C17H22F2O2/c1-3-4-12-5-7-13(8-6-12)11-21-15-10-9-14(20-2)16(18)17(15)19/h3-4,9-10,12-13H,5-8,11H2,1-2H3/b4-3+. The minimum atomic E-state index is -0.994. The predicted molar refractivity (Wildman–Crippen MR) is 78.7 cm³/mol. The Morgan fingerprint density at radius 3 is 2.33 bits per heavy atom. The second-order valence-corrected chi connectivity index (χ2v) is 5.51. The van der Waals surface area contributed by atoms with Crippen LogP contribution in [0.15, 0.2) is 24.3 Å². The normalized spacial score (nSPS) is 22.5. The fraction of sp³-hybridized carbons (Fsp3) is 0.529. The van der Waals surface area contributed by atoms with Crippen molar-refractivity contribution >= 4 is 0 Å². The summed E-state index contributed by atoms with van der Waals surface area (Å²) in [6, 6.07) is 2.80. The van der Waals surface area contributed by atoms with Crippen molar-refractivity contribution < 1.29 is 18.3 Å². The van der Waals surface area contributed by atoms with Crippen molar-refractivity contribution in [1.29, 1.82) is 0 Å². The zero-order valence-corrected chi connectivity index (χ0v) is 12.6. The number of rotatable bonds is 5. The fourth-order valence-corrected chi connectivity index (χ4v) is 2.81. The van der Waals surface area contributed by atoms with E-state index in [1.165, 1.54) is 19.2 Å². The van der Waals surface area contributed by atoms with Gasteiger partial charge in [0.2, 0.25) is 11.6 Å². The van der Waals surface area contributed by atoms with E-state index in [9.17, 15) is 8.78 Å². The molecule has 0 saturated heterocycles. The molecule has 0 N–H and O–H groups in total. The summed E-state index contributed by atoms with van der Waals surface area (Å²) in [7, 11) is 1.31.